The summed E-state index contributed by atoms with van der Waals surface area (Å²) in [6.45, 7) is 0. The normalized spacial score (nSPS) is 11.3. The zero-order valence-corrected chi connectivity index (χ0v) is 12.7. The monoisotopic (exact) mass is 329 g/mol. The van der Waals surface area contributed by atoms with Gasteiger partial charge in [0.15, 0.2) is 11.6 Å². The van der Waals surface area contributed by atoms with Gasteiger partial charge in [0, 0.05) is 11.5 Å². The molecule has 0 fully saturated rings. The molecule has 0 atom stereocenters. The fraction of sp³-hybridized carbons (Fsp3) is 0.0588. The molecule has 7 heteroatoms. The number of hydrogen-bond acceptors (Lipinski definition) is 3. The third-order valence-corrected chi connectivity index (χ3v) is 3.49. The molecule has 122 valence electrons. The molecule has 2 aromatic carbocycles. The zero-order chi connectivity index (χ0) is 17.3. The summed E-state index contributed by atoms with van der Waals surface area (Å²) in [5.41, 5.74) is 6.52. The third kappa shape index (κ3) is 2.83. The Bertz CT molecular complexity index is 964. The highest BCUT2D eigenvalue weighted by Crippen LogP contribution is 2.23. The van der Waals surface area contributed by atoms with Gasteiger partial charge in [0.05, 0.1) is 18.3 Å². The minimum absolute atomic E-state index is 0.145. The predicted molar refractivity (Wildman–Crippen MR) is 86.6 cm³/mol. The van der Waals surface area contributed by atoms with Crippen molar-refractivity contribution >= 4 is 29.1 Å². The molecule has 5 nitrogen and oxygen atoms in total. The Hall–Kier alpha value is -3.22. The van der Waals surface area contributed by atoms with Crippen LogP contribution in [-0.2, 0) is 0 Å². The SMILES string of the molecule is COc1ccc(C=Cc2nn(C(N)=O)c3cc(F)ccc23)cc1F. The number of benzene rings is 2. The Kier molecular flexibility index (Phi) is 3.99. The lowest BCUT2D eigenvalue weighted by Gasteiger charge is -2.01. The van der Waals surface area contributed by atoms with Crippen LogP contribution in [0.1, 0.15) is 11.3 Å². The largest absolute Gasteiger partial charge is 0.494 e. The molecule has 0 radical (unpaired) electrons. The van der Waals surface area contributed by atoms with E-state index in [9.17, 15) is 13.6 Å². The van der Waals surface area contributed by atoms with E-state index in [1.807, 2.05) is 0 Å². The van der Waals surface area contributed by atoms with Gasteiger partial charge in [-0.15, -0.1) is 0 Å². The first-order valence-corrected chi connectivity index (χ1v) is 6.99. The smallest absolute Gasteiger partial charge is 0.340 e. The number of halogens is 2. The van der Waals surface area contributed by atoms with E-state index in [0.29, 0.717) is 16.6 Å². The maximum absolute atomic E-state index is 13.7. The molecule has 1 amide bonds. The number of carbonyl (C=O) groups is 1. The molecule has 0 bridgehead atoms. The maximum Gasteiger partial charge on any atom is 0.340 e. The van der Waals surface area contributed by atoms with Crippen LogP contribution in [-0.4, -0.2) is 22.9 Å². The van der Waals surface area contributed by atoms with Crippen molar-refractivity contribution in [2.24, 2.45) is 5.73 Å². The molecule has 0 aliphatic carbocycles. The van der Waals surface area contributed by atoms with E-state index >= 15 is 0 Å². The number of rotatable bonds is 3. The molecule has 0 spiro atoms. The Morgan fingerprint density at radius 1 is 1.21 bits per heavy atom. The summed E-state index contributed by atoms with van der Waals surface area (Å²) in [6, 6.07) is 7.61. The van der Waals surface area contributed by atoms with Crippen molar-refractivity contribution in [3.05, 3.63) is 59.3 Å². The number of nitrogens with zero attached hydrogens (tertiary/aromatic N) is 2. The number of primary amides is 1. The molecule has 3 aromatic rings. The second-order valence-electron chi connectivity index (χ2n) is 5.02. The van der Waals surface area contributed by atoms with Gasteiger partial charge in [-0.2, -0.15) is 9.78 Å². The van der Waals surface area contributed by atoms with Crippen LogP contribution in [0, 0.1) is 11.6 Å². The summed E-state index contributed by atoms with van der Waals surface area (Å²) < 4.78 is 32.9. The molecule has 3 rings (SSSR count). The van der Waals surface area contributed by atoms with Crippen molar-refractivity contribution in [3.8, 4) is 5.75 Å². The van der Waals surface area contributed by atoms with Crippen LogP contribution in [0.4, 0.5) is 13.6 Å². The highest BCUT2D eigenvalue weighted by atomic mass is 19.1. The number of carbonyl (C=O) groups excluding carboxylic acids is 1. The molecular weight excluding hydrogens is 316 g/mol. The molecule has 2 N–H and O–H groups in total. The van der Waals surface area contributed by atoms with Crippen molar-refractivity contribution < 1.29 is 18.3 Å². The lowest BCUT2D eigenvalue weighted by atomic mass is 10.1. The third-order valence-electron chi connectivity index (χ3n) is 3.49. The summed E-state index contributed by atoms with van der Waals surface area (Å²) in [7, 11) is 1.38. The number of ether oxygens (including phenoxy) is 1. The van der Waals surface area contributed by atoms with Gasteiger partial charge in [0.1, 0.15) is 5.82 Å². The number of hydrogen-bond donors (Lipinski definition) is 1. The fourth-order valence-electron chi connectivity index (χ4n) is 2.36. The Balaban J connectivity index is 2.04. The van der Waals surface area contributed by atoms with E-state index in [1.165, 1.54) is 37.4 Å². The highest BCUT2D eigenvalue weighted by molar-refractivity contribution is 5.95. The minimum atomic E-state index is -0.819. The summed E-state index contributed by atoms with van der Waals surface area (Å²) in [5.74, 6) is -0.849. The van der Waals surface area contributed by atoms with Crippen molar-refractivity contribution in [1.29, 1.82) is 0 Å². The zero-order valence-electron chi connectivity index (χ0n) is 12.7. The lowest BCUT2D eigenvalue weighted by Crippen LogP contribution is -2.20. The average Bonchev–Trinajstić information content (AvgIpc) is 2.91. The Labute approximate surface area is 135 Å². The van der Waals surface area contributed by atoms with Crippen LogP contribution >= 0.6 is 0 Å². The van der Waals surface area contributed by atoms with Crippen molar-refractivity contribution in [2.45, 2.75) is 0 Å². The van der Waals surface area contributed by atoms with Gasteiger partial charge < -0.3 is 10.5 Å². The van der Waals surface area contributed by atoms with Gasteiger partial charge in [0.25, 0.3) is 0 Å². The first-order valence-electron chi connectivity index (χ1n) is 6.99. The highest BCUT2D eigenvalue weighted by Gasteiger charge is 2.12. The van der Waals surface area contributed by atoms with Crippen molar-refractivity contribution in [2.75, 3.05) is 7.11 Å². The van der Waals surface area contributed by atoms with E-state index < -0.39 is 17.7 Å². The van der Waals surface area contributed by atoms with Crippen LogP contribution < -0.4 is 10.5 Å². The molecular formula is C17H13F2N3O2. The average molecular weight is 329 g/mol. The van der Waals surface area contributed by atoms with Gasteiger partial charge in [-0.05, 0) is 35.9 Å². The predicted octanol–water partition coefficient (Wildman–Crippen LogP) is 3.42. The van der Waals surface area contributed by atoms with E-state index in [4.69, 9.17) is 10.5 Å². The number of fused-ring (bicyclic) bond motifs is 1. The van der Waals surface area contributed by atoms with Crippen molar-refractivity contribution in [3.63, 3.8) is 0 Å². The number of aromatic nitrogens is 2. The van der Waals surface area contributed by atoms with Crippen LogP contribution in [0.25, 0.3) is 23.1 Å². The minimum Gasteiger partial charge on any atom is -0.494 e. The van der Waals surface area contributed by atoms with Crippen LogP contribution in [0.2, 0.25) is 0 Å². The summed E-state index contributed by atoms with van der Waals surface area (Å²) >= 11 is 0. The number of nitrogens with two attached hydrogens (primary N) is 1. The van der Waals surface area contributed by atoms with E-state index in [1.54, 1.807) is 18.2 Å². The molecule has 1 heterocycles. The quantitative estimate of drug-likeness (QED) is 0.800. The van der Waals surface area contributed by atoms with E-state index in [0.717, 1.165) is 4.68 Å². The summed E-state index contributed by atoms with van der Waals surface area (Å²) in [5, 5.41) is 4.63. The number of methoxy groups -OCH3 is 1. The van der Waals surface area contributed by atoms with E-state index in [-0.39, 0.29) is 11.3 Å². The topological polar surface area (TPSA) is 70.1 Å². The molecule has 0 aliphatic rings. The van der Waals surface area contributed by atoms with Gasteiger partial charge in [-0.3, -0.25) is 0 Å². The maximum atomic E-state index is 13.7. The first-order chi connectivity index (χ1) is 11.5. The Morgan fingerprint density at radius 2 is 2.00 bits per heavy atom. The van der Waals surface area contributed by atoms with Crippen LogP contribution in [0.3, 0.4) is 0 Å². The van der Waals surface area contributed by atoms with Gasteiger partial charge in [-0.25, -0.2) is 13.6 Å². The first kappa shape index (κ1) is 15.7. The van der Waals surface area contributed by atoms with Crippen LogP contribution in [0.15, 0.2) is 36.4 Å². The molecule has 0 aliphatic heterocycles. The summed E-state index contributed by atoms with van der Waals surface area (Å²) in [6.07, 6.45) is 3.22. The van der Waals surface area contributed by atoms with Gasteiger partial charge >= 0.3 is 6.03 Å². The lowest BCUT2D eigenvalue weighted by molar-refractivity contribution is 0.248. The molecule has 0 unspecified atom stereocenters. The summed E-state index contributed by atoms with van der Waals surface area (Å²) in [4.78, 5) is 11.4. The van der Waals surface area contributed by atoms with Crippen molar-refractivity contribution in [1.82, 2.24) is 9.78 Å². The standard InChI is InChI=1S/C17H13F2N3O2/c1-24-16-7-3-10(8-13(16)19)2-6-14-12-5-4-11(18)9-15(12)22(21-14)17(20)23/h2-9H,1H3,(H2,20,23). The van der Waals surface area contributed by atoms with E-state index in [2.05, 4.69) is 5.10 Å². The molecule has 0 saturated heterocycles. The second-order valence-corrected chi connectivity index (χ2v) is 5.02. The number of amides is 1. The Morgan fingerprint density at radius 3 is 2.67 bits per heavy atom. The van der Waals surface area contributed by atoms with Gasteiger partial charge in [-0.1, -0.05) is 12.1 Å². The van der Waals surface area contributed by atoms with Crippen LogP contribution in [0.5, 0.6) is 5.75 Å². The van der Waals surface area contributed by atoms with Gasteiger partial charge in [0.2, 0.25) is 0 Å². The second kappa shape index (κ2) is 6.11. The molecule has 0 saturated carbocycles. The molecule has 1 aromatic heterocycles. The fourth-order valence-corrected chi connectivity index (χ4v) is 2.36. The molecule has 24 heavy (non-hydrogen) atoms.